The standard InChI is InChI=1S/C18H12N2O3S/c1-22-12-8-6-11(7-9-12)15-10-24-18(19-15)20-16-13-4-2-3-5-14(13)17(21)23-16/h2,4,6-10,16H,1H3,(H,19,20). The van der Waals surface area contributed by atoms with E-state index in [1.165, 1.54) is 11.3 Å². The average Bonchev–Trinajstić information content (AvgIpc) is 3.21. The molecule has 1 atom stereocenters. The minimum Gasteiger partial charge on any atom is -0.497 e. The molecule has 1 N–H and O–H groups in total. The van der Waals surface area contributed by atoms with Crippen molar-refractivity contribution >= 4 is 22.4 Å². The van der Waals surface area contributed by atoms with E-state index >= 15 is 0 Å². The molecule has 0 saturated carbocycles. The molecule has 6 heteroatoms. The molecule has 24 heavy (non-hydrogen) atoms. The number of methoxy groups -OCH3 is 1. The van der Waals surface area contributed by atoms with Crippen molar-refractivity contribution in [3.8, 4) is 17.0 Å². The van der Waals surface area contributed by atoms with Gasteiger partial charge in [-0.15, -0.1) is 11.3 Å². The van der Waals surface area contributed by atoms with Gasteiger partial charge >= 0.3 is 5.97 Å². The number of aromatic nitrogens is 1. The zero-order valence-corrected chi connectivity index (χ0v) is 13.5. The van der Waals surface area contributed by atoms with E-state index in [9.17, 15) is 4.79 Å². The summed E-state index contributed by atoms with van der Waals surface area (Å²) in [5.41, 5.74) is 3.01. The van der Waals surface area contributed by atoms with Crippen molar-refractivity contribution in [1.29, 1.82) is 0 Å². The Kier molecular flexibility index (Phi) is 3.56. The lowest BCUT2D eigenvalue weighted by Crippen LogP contribution is -2.09. The van der Waals surface area contributed by atoms with Crippen molar-refractivity contribution in [3.63, 3.8) is 0 Å². The number of carbonyl (C=O) groups is 1. The van der Waals surface area contributed by atoms with E-state index in [1.54, 1.807) is 19.2 Å². The molecule has 0 radical (unpaired) electrons. The Morgan fingerprint density at radius 2 is 2.12 bits per heavy atom. The first-order valence-corrected chi connectivity index (χ1v) is 8.12. The Labute approximate surface area is 142 Å². The first kappa shape index (κ1) is 14.5. The number of anilines is 1. The zero-order valence-electron chi connectivity index (χ0n) is 12.7. The fourth-order valence-electron chi connectivity index (χ4n) is 2.47. The number of carbonyl (C=O) groups excluding carboxylic acids is 1. The Balaban J connectivity index is 1.55. The highest BCUT2D eigenvalue weighted by molar-refractivity contribution is 7.14. The van der Waals surface area contributed by atoms with Gasteiger partial charge in [0.1, 0.15) is 11.3 Å². The van der Waals surface area contributed by atoms with Crippen LogP contribution in [0.25, 0.3) is 11.3 Å². The molecule has 5 nitrogen and oxygen atoms in total. The van der Waals surface area contributed by atoms with Crippen LogP contribution in [-0.2, 0) is 4.74 Å². The highest BCUT2D eigenvalue weighted by Gasteiger charge is 2.31. The number of rotatable bonds is 4. The zero-order chi connectivity index (χ0) is 16.5. The maximum atomic E-state index is 11.8. The lowest BCUT2D eigenvalue weighted by Gasteiger charge is -2.11. The minimum absolute atomic E-state index is 0.397. The molecular formula is C18H12N2O3S. The molecule has 0 fully saturated rings. The Morgan fingerprint density at radius 3 is 2.92 bits per heavy atom. The number of cyclic esters (lactones) is 1. The van der Waals surface area contributed by atoms with Crippen LogP contribution in [0.4, 0.5) is 5.13 Å². The van der Waals surface area contributed by atoms with Crippen LogP contribution in [-0.4, -0.2) is 18.1 Å². The third-order valence-electron chi connectivity index (χ3n) is 3.69. The van der Waals surface area contributed by atoms with Gasteiger partial charge in [0, 0.05) is 16.5 Å². The van der Waals surface area contributed by atoms with Crippen molar-refractivity contribution in [2.24, 2.45) is 0 Å². The molecule has 0 aliphatic carbocycles. The van der Waals surface area contributed by atoms with E-state index in [-0.39, 0.29) is 0 Å². The molecule has 0 saturated heterocycles. The smallest absolute Gasteiger partial charge is 0.349 e. The van der Waals surface area contributed by atoms with Crippen molar-refractivity contribution in [2.45, 2.75) is 6.23 Å². The van der Waals surface area contributed by atoms with Crippen molar-refractivity contribution in [3.05, 3.63) is 65.0 Å². The number of ether oxygens (including phenoxy) is 2. The summed E-state index contributed by atoms with van der Waals surface area (Å²) < 4.78 is 10.5. The minimum atomic E-state index is -0.548. The molecule has 4 rings (SSSR count). The van der Waals surface area contributed by atoms with Crippen LogP contribution in [0, 0.1) is 12.1 Å². The van der Waals surface area contributed by atoms with Gasteiger partial charge in [-0.3, -0.25) is 0 Å². The second kappa shape index (κ2) is 5.87. The molecule has 0 bridgehead atoms. The molecular weight excluding hydrogens is 324 g/mol. The number of esters is 1. The van der Waals surface area contributed by atoms with Gasteiger partial charge in [-0.05, 0) is 36.4 Å². The van der Waals surface area contributed by atoms with Crippen molar-refractivity contribution in [2.75, 3.05) is 12.4 Å². The van der Waals surface area contributed by atoms with Crippen LogP contribution in [0.5, 0.6) is 5.75 Å². The first-order valence-electron chi connectivity index (χ1n) is 7.24. The van der Waals surface area contributed by atoms with E-state index in [1.807, 2.05) is 29.6 Å². The highest BCUT2D eigenvalue weighted by atomic mass is 32.1. The molecule has 1 aromatic heterocycles. The molecule has 3 aromatic rings. The van der Waals surface area contributed by atoms with Gasteiger partial charge < -0.3 is 14.8 Å². The van der Waals surface area contributed by atoms with Gasteiger partial charge in [-0.2, -0.15) is 0 Å². The van der Waals surface area contributed by atoms with Crippen LogP contribution in [0.2, 0.25) is 0 Å². The lowest BCUT2D eigenvalue weighted by atomic mass is 10.1. The predicted molar refractivity (Wildman–Crippen MR) is 90.0 cm³/mol. The molecule has 2 heterocycles. The van der Waals surface area contributed by atoms with Gasteiger partial charge in [-0.25, -0.2) is 9.78 Å². The summed E-state index contributed by atoms with van der Waals surface area (Å²) in [6.45, 7) is 0. The molecule has 2 aromatic carbocycles. The van der Waals surface area contributed by atoms with Gasteiger partial charge in [0.25, 0.3) is 0 Å². The number of hydrogen-bond donors (Lipinski definition) is 1. The second-order valence-corrected chi connectivity index (χ2v) is 5.99. The number of thiazole rings is 1. The monoisotopic (exact) mass is 336 g/mol. The Bertz CT molecular complexity index is 889. The molecule has 1 aliphatic heterocycles. The number of hydrogen-bond acceptors (Lipinski definition) is 6. The van der Waals surface area contributed by atoms with Crippen LogP contribution >= 0.6 is 11.3 Å². The third kappa shape index (κ3) is 2.55. The second-order valence-electron chi connectivity index (χ2n) is 5.13. The van der Waals surface area contributed by atoms with Crippen LogP contribution in [0.1, 0.15) is 22.1 Å². The number of fused-ring (bicyclic) bond motifs is 1. The summed E-state index contributed by atoms with van der Waals surface area (Å²) in [5, 5.41) is 5.78. The van der Waals surface area contributed by atoms with E-state index in [0.717, 1.165) is 22.6 Å². The molecule has 0 amide bonds. The largest absolute Gasteiger partial charge is 0.497 e. The SMILES string of the molecule is COc1ccc(-c2csc(NC3OC(=O)c4c#cccc43)n2)cc1. The maximum absolute atomic E-state index is 11.8. The highest BCUT2D eigenvalue weighted by Crippen LogP contribution is 2.33. The van der Waals surface area contributed by atoms with Crippen molar-refractivity contribution < 1.29 is 14.3 Å². The van der Waals surface area contributed by atoms with E-state index in [0.29, 0.717) is 10.7 Å². The van der Waals surface area contributed by atoms with E-state index in [2.05, 4.69) is 22.4 Å². The van der Waals surface area contributed by atoms with Crippen molar-refractivity contribution in [1.82, 2.24) is 4.98 Å². The molecule has 0 spiro atoms. The van der Waals surface area contributed by atoms with Gasteiger partial charge in [0.05, 0.1) is 12.8 Å². The maximum Gasteiger partial charge on any atom is 0.349 e. The van der Waals surface area contributed by atoms with Gasteiger partial charge in [-0.1, -0.05) is 12.1 Å². The summed E-state index contributed by atoms with van der Waals surface area (Å²) in [4.78, 5) is 16.4. The summed E-state index contributed by atoms with van der Waals surface area (Å²) >= 11 is 1.45. The molecule has 1 unspecified atom stereocenters. The number of nitrogens with one attached hydrogen (secondary N) is 1. The molecule has 1 aliphatic rings. The lowest BCUT2D eigenvalue weighted by molar-refractivity contribution is 0.0437. The summed E-state index contributed by atoms with van der Waals surface area (Å²) in [7, 11) is 1.63. The van der Waals surface area contributed by atoms with E-state index in [4.69, 9.17) is 9.47 Å². The average molecular weight is 336 g/mol. The van der Waals surface area contributed by atoms with E-state index < -0.39 is 12.2 Å². The van der Waals surface area contributed by atoms with Crippen LogP contribution < -0.4 is 10.1 Å². The van der Waals surface area contributed by atoms with Crippen LogP contribution in [0.3, 0.4) is 0 Å². The third-order valence-corrected chi connectivity index (χ3v) is 4.46. The summed E-state index contributed by atoms with van der Waals surface area (Å²) in [6.07, 6.45) is -0.548. The van der Waals surface area contributed by atoms with Gasteiger partial charge in [0.15, 0.2) is 5.13 Å². The first-order chi connectivity index (χ1) is 11.7. The fraction of sp³-hybridized carbons (Fsp3) is 0.111. The number of nitrogens with zero attached hydrogens (tertiary/aromatic N) is 1. The predicted octanol–water partition coefficient (Wildman–Crippen LogP) is 3.70. The Morgan fingerprint density at radius 1 is 1.29 bits per heavy atom. The van der Waals surface area contributed by atoms with Crippen LogP contribution in [0.15, 0.2) is 41.8 Å². The quantitative estimate of drug-likeness (QED) is 0.736. The fourth-order valence-corrected chi connectivity index (χ4v) is 3.21. The summed E-state index contributed by atoms with van der Waals surface area (Å²) in [6, 6.07) is 16.7. The van der Waals surface area contributed by atoms with Gasteiger partial charge in [0.2, 0.25) is 6.23 Å². The Hall–Kier alpha value is -3.04. The normalized spacial score (nSPS) is 15.4. The topological polar surface area (TPSA) is 60.5 Å². The molecule has 118 valence electrons. The summed E-state index contributed by atoms with van der Waals surface area (Å²) in [5.74, 6) is 0.404. The number of benzene rings is 1.